The summed E-state index contributed by atoms with van der Waals surface area (Å²) in [5, 5.41) is 8.57. The number of likely N-dealkylation sites (tertiary alicyclic amines) is 1. The van der Waals surface area contributed by atoms with Crippen molar-refractivity contribution in [2.45, 2.75) is 64.8 Å². The minimum Gasteiger partial charge on any atom is -0.381 e. The third-order valence-corrected chi connectivity index (χ3v) is 6.75. The van der Waals surface area contributed by atoms with Crippen LogP contribution in [0.1, 0.15) is 66.8 Å². The molecule has 0 bridgehead atoms. The van der Waals surface area contributed by atoms with Crippen molar-refractivity contribution in [2.24, 2.45) is 13.0 Å². The van der Waals surface area contributed by atoms with E-state index in [1.807, 2.05) is 30.5 Å². The smallest absolute Gasteiger partial charge is 0.249 e. The Balaban J connectivity index is 1.26. The highest BCUT2D eigenvalue weighted by Crippen LogP contribution is 2.32. The molecule has 2 aliphatic heterocycles. The SMILES string of the molecule is Cc1nn(C)c(C)c1CCC(=O)N1CCCC1c1nc(CCOCC2CCOCC2)no1. The molecule has 2 fully saturated rings. The topological polar surface area (TPSA) is 95.5 Å². The summed E-state index contributed by atoms with van der Waals surface area (Å²) in [7, 11) is 1.94. The maximum Gasteiger partial charge on any atom is 0.249 e. The van der Waals surface area contributed by atoms with Crippen molar-refractivity contribution in [3.8, 4) is 0 Å². The fourth-order valence-electron chi connectivity index (χ4n) is 4.71. The number of carbonyl (C=O) groups excluding carboxylic acids is 1. The van der Waals surface area contributed by atoms with Gasteiger partial charge in [-0.2, -0.15) is 10.1 Å². The molecule has 32 heavy (non-hydrogen) atoms. The Morgan fingerprint density at radius 2 is 2.00 bits per heavy atom. The fourth-order valence-corrected chi connectivity index (χ4v) is 4.71. The first kappa shape index (κ1) is 22.9. The Hall–Kier alpha value is -2.26. The molecule has 0 spiro atoms. The number of amides is 1. The second-order valence-corrected chi connectivity index (χ2v) is 8.95. The van der Waals surface area contributed by atoms with E-state index in [9.17, 15) is 4.79 Å². The highest BCUT2D eigenvalue weighted by Gasteiger charge is 2.34. The molecule has 2 aromatic heterocycles. The minimum atomic E-state index is -0.122. The van der Waals surface area contributed by atoms with E-state index in [1.54, 1.807) is 0 Å². The van der Waals surface area contributed by atoms with Crippen LogP contribution in [-0.2, 0) is 34.2 Å². The van der Waals surface area contributed by atoms with Crippen LogP contribution in [0.4, 0.5) is 0 Å². The molecule has 2 saturated heterocycles. The summed E-state index contributed by atoms with van der Waals surface area (Å²) >= 11 is 0. The van der Waals surface area contributed by atoms with Gasteiger partial charge in [0.2, 0.25) is 11.8 Å². The number of ether oxygens (including phenoxy) is 2. The standard InChI is InChI=1S/C23H35N5O4/c1-16-19(17(2)27(3)25-16)6-7-22(29)28-11-4-5-20(28)23-24-21(26-32-23)10-14-31-15-18-8-12-30-13-9-18/h18,20H,4-15H2,1-3H3. The van der Waals surface area contributed by atoms with Crippen molar-refractivity contribution in [1.82, 2.24) is 24.8 Å². The van der Waals surface area contributed by atoms with Crippen LogP contribution in [0.2, 0.25) is 0 Å². The molecule has 0 saturated carbocycles. The van der Waals surface area contributed by atoms with E-state index in [4.69, 9.17) is 14.0 Å². The molecular formula is C23H35N5O4. The van der Waals surface area contributed by atoms with Gasteiger partial charge in [0.15, 0.2) is 5.82 Å². The number of hydrogen-bond donors (Lipinski definition) is 0. The number of hydrogen-bond acceptors (Lipinski definition) is 7. The fraction of sp³-hybridized carbons (Fsp3) is 0.739. The van der Waals surface area contributed by atoms with Crippen LogP contribution in [0.5, 0.6) is 0 Å². The number of rotatable bonds is 9. The molecule has 9 heteroatoms. The van der Waals surface area contributed by atoms with Gasteiger partial charge in [-0.3, -0.25) is 9.48 Å². The summed E-state index contributed by atoms with van der Waals surface area (Å²) in [4.78, 5) is 19.5. The monoisotopic (exact) mass is 445 g/mol. The largest absolute Gasteiger partial charge is 0.381 e. The lowest BCUT2D eigenvalue weighted by Crippen LogP contribution is -2.31. The molecule has 176 valence electrons. The molecule has 1 atom stereocenters. The first-order valence-corrected chi connectivity index (χ1v) is 11.8. The summed E-state index contributed by atoms with van der Waals surface area (Å²) in [5.74, 6) is 1.91. The molecule has 0 aliphatic carbocycles. The quantitative estimate of drug-likeness (QED) is 0.548. The van der Waals surface area contributed by atoms with Crippen LogP contribution < -0.4 is 0 Å². The normalized spacial score (nSPS) is 19.7. The molecule has 0 N–H and O–H groups in total. The lowest BCUT2D eigenvalue weighted by Gasteiger charge is -2.22. The third-order valence-electron chi connectivity index (χ3n) is 6.75. The van der Waals surface area contributed by atoms with Gasteiger partial charge in [-0.25, -0.2) is 0 Å². The molecule has 2 aliphatic rings. The van der Waals surface area contributed by atoms with Gasteiger partial charge >= 0.3 is 0 Å². The molecule has 4 heterocycles. The molecule has 1 amide bonds. The first-order valence-electron chi connectivity index (χ1n) is 11.8. The first-order chi connectivity index (χ1) is 15.5. The van der Waals surface area contributed by atoms with Crippen LogP contribution >= 0.6 is 0 Å². The van der Waals surface area contributed by atoms with E-state index < -0.39 is 0 Å². The Morgan fingerprint density at radius 3 is 2.75 bits per heavy atom. The molecule has 2 aromatic rings. The zero-order valence-corrected chi connectivity index (χ0v) is 19.5. The van der Waals surface area contributed by atoms with E-state index >= 15 is 0 Å². The number of nitrogens with zero attached hydrogens (tertiary/aromatic N) is 5. The number of carbonyl (C=O) groups is 1. The maximum atomic E-state index is 13.0. The predicted octanol–water partition coefficient (Wildman–Crippen LogP) is 2.70. The van der Waals surface area contributed by atoms with E-state index in [0.29, 0.717) is 43.5 Å². The average Bonchev–Trinajstić information content (AvgIpc) is 3.51. The summed E-state index contributed by atoms with van der Waals surface area (Å²) < 4.78 is 18.6. The second-order valence-electron chi connectivity index (χ2n) is 8.95. The predicted molar refractivity (Wildman–Crippen MR) is 117 cm³/mol. The highest BCUT2D eigenvalue weighted by atomic mass is 16.5. The summed E-state index contributed by atoms with van der Waals surface area (Å²) in [5.41, 5.74) is 3.28. The van der Waals surface area contributed by atoms with E-state index in [-0.39, 0.29) is 11.9 Å². The molecule has 9 nitrogen and oxygen atoms in total. The zero-order valence-electron chi connectivity index (χ0n) is 19.5. The van der Waals surface area contributed by atoms with Crippen LogP contribution in [0, 0.1) is 19.8 Å². The van der Waals surface area contributed by atoms with Crippen molar-refractivity contribution in [3.05, 3.63) is 28.7 Å². The molecule has 0 aromatic carbocycles. The van der Waals surface area contributed by atoms with Crippen molar-refractivity contribution in [1.29, 1.82) is 0 Å². The van der Waals surface area contributed by atoms with Gasteiger partial charge in [-0.05, 0) is 57.4 Å². The lowest BCUT2D eigenvalue weighted by molar-refractivity contribution is -0.132. The summed E-state index contributed by atoms with van der Waals surface area (Å²) in [6, 6.07) is -0.122. The van der Waals surface area contributed by atoms with Crippen molar-refractivity contribution in [2.75, 3.05) is 33.0 Å². The van der Waals surface area contributed by atoms with Gasteiger partial charge in [0.05, 0.1) is 12.3 Å². The van der Waals surface area contributed by atoms with Crippen molar-refractivity contribution in [3.63, 3.8) is 0 Å². The van der Waals surface area contributed by atoms with E-state index in [1.165, 1.54) is 0 Å². The highest BCUT2D eigenvalue weighted by molar-refractivity contribution is 5.77. The number of aryl methyl sites for hydroxylation is 2. The van der Waals surface area contributed by atoms with Gasteiger partial charge in [-0.1, -0.05) is 5.16 Å². The molecule has 1 unspecified atom stereocenters. The van der Waals surface area contributed by atoms with Gasteiger partial charge in [-0.15, -0.1) is 0 Å². The van der Waals surface area contributed by atoms with Crippen LogP contribution in [0.25, 0.3) is 0 Å². The average molecular weight is 446 g/mol. The summed E-state index contributed by atoms with van der Waals surface area (Å²) in [6.07, 6.45) is 5.73. The number of aromatic nitrogens is 4. The Bertz CT molecular complexity index is 902. The molecular weight excluding hydrogens is 410 g/mol. The van der Waals surface area contributed by atoms with Gasteiger partial charge < -0.3 is 18.9 Å². The van der Waals surface area contributed by atoms with Crippen LogP contribution in [-0.4, -0.2) is 63.7 Å². The Morgan fingerprint density at radius 1 is 1.19 bits per heavy atom. The van der Waals surface area contributed by atoms with Crippen LogP contribution in [0.3, 0.4) is 0 Å². The third kappa shape index (κ3) is 5.38. The van der Waals surface area contributed by atoms with Crippen molar-refractivity contribution < 1.29 is 18.8 Å². The van der Waals surface area contributed by atoms with E-state index in [0.717, 1.165) is 69.0 Å². The van der Waals surface area contributed by atoms with Gasteiger partial charge in [0.1, 0.15) is 6.04 Å². The van der Waals surface area contributed by atoms with E-state index in [2.05, 4.69) is 15.2 Å². The van der Waals surface area contributed by atoms with Crippen LogP contribution in [0.15, 0.2) is 4.52 Å². The Labute approximate surface area is 189 Å². The van der Waals surface area contributed by atoms with Gasteiger partial charge in [0, 0.05) is 51.9 Å². The summed E-state index contributed by atoms with van der Waals surface area (Å²) in [6.45, 7) is 7.79. The van der Waals surface area contributed by atoms with Gasteiger partial charge in [0.25, 0.3) is 0 Å². The van der Waals surface area contributed by atoms with Crippen molar-refractivity contribution >= 4 is 5.91 Å². The Kier molecular flexibility index (Phi) is 7.57. The lowest BCUT2D eigenvalue weighted by atomic mass is 10.0. The minimum absolute atomic E-state index is 0.122. The second kappa shape index (κ2) is 10.6. The molecule has 4 rings (SSSR count). The maximum absolute atomic E-state index is 13.0. The molecule has 0 radical (unpaired) electrons. The zero-order chi connectivity index (χ0) is 22.5.